The fourth-order valence-electron chi connectivity index (χ4n) is 1.65. The van der Waals surface area contributed by atoms with Crippen molar-refractivity contribution in [3.63, 3.8) is 0 Å². The van der Waals surface area contributed by atoms with Gasteiger partial charge in [0.25, 0.3) is 0 Å². The molecule has 0 fully saturated rings. The topological polar surface area (TPSA) is 54.0 Å². The highest BCUT2D eigenvalue weighted by Crippen LogP contribution is 2.21. The van der Waals surface area contributed by atoms with Crippen LogP contribution in [0.1, 0.15) is 16.9 Å². The van der Waals surface area contributed by atoms with Crippen molar-refractivity contribution in [2.75, 3.05) is 6.54 Å². The number of halogens is 1. The summed E-state index contributed by atoms with van der Waals surface area (Å²) in [7, 11) is 0. The van der Waals surface area contributed by atoms with Crippen LogP contribution in [0.5, 0.6) is 0 Å². The molecule has 0 aliphatic rings. The number of carbonyl (C=O) groups is 1. The van der Waals surface area contributed by atoms with Crippen molar-refractivity contribution in [2.45, 2.75) is 19.5 Å². The SMILES string of the molecule is O=C(CCNCc1ccc(Br)s1)NCc1cccnc1. The highest BCUT2D eigenvalue weighted by atomic mass is 79.9. The van der Waals surface area contributed by atoms with Gasteiger partial charge in [-0.2, -0.15) is 0 Å². The summed E-state index contributed by atoms with van der Waals surface area (Å²) in [5.41, 5.74) is 1.01. The van der Waals surface area contributed by atoms with Crippen LogP contribution >= 0.6 is 27.3 Å². The standard InChI is InChI=1S/C14H16BrN3OS/c15-13-4-3-12(20-13)10-17-7-5-14(19)18-9-11-2-1-6-16-8-11/h1-4,6,8,17H,5,7,9-10H2,(H,18,19). The molecular weight excluding hydrogens is 338 g/mol. The van der Waals surface area contributed by atoms with Crippen molar-refractivity contribution in [1.29, 1.82) is 0 Å². The average molecular weight is 354 g/mol. The lowest BCUT2D eigenvalue weighted by Crippen LogP contribution is -2.27. The quantitative estimate of drug-likeness (QED) is 0.752. The van der Waals surface area contributed by atoms with Gasteiger partial charge in [0.15, 0.2) is 0 Å². The molecule has 0 saturated carbocycles. The molecule has 0 atom stereocenters. The summed E-state index contributed by atoms with van der Waals surface area (Å²) in [6, 6.07) is 7.91. The monoisotopic (exact) mass is 353 g/mol. The van der Waals surface area contributed by atoms with Gasteiger partial charge >= 0.3 is 0 Å². The molecule has 0 spiro atoms. The highest BCUT2D eigenvalue weighted by Gasteiger charge is 2.02. The third-order valence-corrected chi connectivity index (χ3v) is 4.29. The molecule has 2 N–H and O–H groups in total. The van der Waals surface area contributed by atoms with Crippen LogP contribution in [0.3, 0.4) is 0 Å². The number of carbonyl (C=O) groups excluding carboxylic acids is 1. The normalized spacial score (nSPS) is 10.4. The van der Waals surface area contributed by atoms with Crippen molar-refractivity contribution in [2.24, 2.45) is 0 Å². The molecule has 4 nitrogen and oxygen atoms in total. The molecule has 2 aromatic heterocycles. The average Bonchev–Trinajstić information content (AvgIpc) is 2.88. The Morgan fingerprint density at radius 2 is 2.20 bits per heavy atom. The number of rotatable bonds is 7. The van der Waals surface area contributed by atoms with E-state index in [0.717, 1.165) is 15.9 Å². The fraction of sp³-hybridized carbons (Fsp3) is 0.286. The van der Waals surface area contributed by atoms with Crippen molar-refractivity contribution in [3.05, 3.63) is 50.9 Å². The van der Waals surface area contributed by atoms with Gasteiger partial charge in [-0.25, -0.2) is 0 Å². The van der Waals surface area contributed by atoms with Gasteiger partial charge in [0.05, 0.1) is 3.79 Å². The van der Waals surface area contributed by atoms with Gasteiger partial charge in [-0.05, 0) is 39.7 Å². The summed E-state index contributed by atoms with van der Waals surface area (Å²) >= 11 is 5.13. The van der Waals surface area contributed by atoms with Crippen molar-refractivity contribution < 1.29 is 4.79 Å². The van der Waals surface area contributed by atoms with Crippen LogP contribution in [0.4, 0.5) is 0 Å². The van der Waals surface area contributed by atoms with Gasteiger partial charge in [-0.15, -0.1) is 11.3 Å². The van der Waals surface area contributed by atoms with E-state index in [1.165, 1.54) is 4.88 Å². The predicted molar refractivity (Wildman–Crippen MR) is 84.4 cm³/mol. The first-order valence-corrected chi connectivity index (χ1v) is 7.95. The molecule has 0 saturated heterocycles. The Morgan fingerprint density at radius 3 is 2.90 bits per heavy atom. The zero-order valence-electron chi connectivity index (χ0n) is 10.9. The number of hydrogen-bond donors (Lipinski definition) is 2. The van der Waals surface area contributed by atoms with E-state index in [2.05, 4.69) is 37.6 Å². The molecule has 0 unspecified atom stereocenters. The van der Waals surface area contributed by atoms with E-state index in [4.69, 9.17) is 0 Å². The van der Waals surface area contributed by atoms with E-state index in [1.807, 2.05) is 18.2 Å². The van der Waals surface area contributed by atoms with Crippen LogP contribution in [0.25, 0.3) is 0 Å². The number of aromatic nitrogens is 1. The van der Waals surface area contributed by atoms with Gasteiger partial charge in [0.2, 0.25) is 5.91 Å². The molecule has 0 bridgehead atoms. The number of nitrogens with one attached hydrogen (secondary N) is 2. The molecule has 0 aromatic carbocycles. The van der Waals surface area contributed by atoms with Crippen LogP contribution in [0.2, 0.25) is 0 Å². The van der Waals surface area contributed by atoms with Crippen molar-refractivity contribution >= 4 is 33.2 Å². The number of amides is 1. The zero-order chi connectivity index (χ0) is 14.2. The lowest BCUT2D eigenvalue weighted by atomic mass is 10.3. The fourth-order valence-corrected chi connectivity index (χ4v) is 3.10. The lowest BCUT2D eigenvalue weighted by Gasteiger charge is -2.05. The molecule has 2 aromatic rings. The molecule has 2 rings (SSSR count). The minimum Gasteiger partial charge on any atom is -0.352 e. The van der Waals surface area contributed by atoms with Gasteiger partial charge < -0.3 is 10.6 Å². The second-order valence-electron chi connectivity index (χ2n) is 4.27. The van der Waals surface area contributed by atoms with E-state index in [-0.39, 0.29) is 5.91 Å². The molecular formula is C14H16BrN3OS. The minimum absolute atomic E-state index is 0.0497. The van der Waals surface area contributed by atoms with Crippen molar-refractivity contribution in [3.8, 4) is 0 Å². The first-order chi connectivity index (χ1) is 9.74. The molecule has 0 aliphatic heterocycles. The number of hydrogen-bond acceptors (Lipinski definition) is 4. The first-order valence-electron chi connectivity index (χ1n) is 6.34. The number of nitrogens with zero attached hydrogens (tertiary/aromatic N) is 1. The maximum absolute atomic E-state index is 11.7. The number of pyridine rings is 1. The first kappa shape index (κ1) is 15.2. The predicted octanol–water partition coefficient (Wildman–Crippen LogP) is 2.70. The van der Waals surface area contributed by atoms with Crippen LogP contribution in [-0.2, 0) is 17.9 Å². The summed E-state index contributed by atoms with van der Waals surface area (Å²) in [5, 5.41) is 6.14. The second kappa shape index (κ2) is 8.14. The Labute approximate surface area is 130 Å². The third kappa shape index (κ3) is 5.40. The molecule has 106 valence electrons. The van der Waals surface area contributed by atoms with Gasteiger partial charge in [-0.3, -0.25) is 9.78 Å². The van der Waals surface area contributed by atoms with Gasteiger partial charge in [0.1, 0.15) is 0 Å². The lowest BCUT2D eigenvalue weighted by molar-refractivity contribution is -0.121. The molecule has 6 heteroatoms. The molecule has 2 heterocycles. The van der Waals surface area contributed by atoms with Crippen LogP contribution < -0.4 is 10.6 Å². The van der Waals surface area contributed by atoms with E-state index in [9.17, 15) is 4.79 Å². The summed E-state index contributed by atoms with van der Waals surface area (Å²) < 4.78 is 1.13. The molecule has 0 radical (unpaired) electrons. The largest absolute Gasteiger partial charge is 0.352 e. The zero-order valence-corrected chi connectivity index (χ0v) is 13.3. The van der Waals surface area contributed by atoms with E-state index in [0.29, 0.717) is 19.5 Å². The van der Waals surface area contributed by atoms with Crippen LogP contribution in [0.15, 0.2) is 40.4 Å². The Morgan fingerprint density at radius 1 is 1.30 bits per heavy atom. The van der Waals surface area contributed by atoms with Gasteiger partial charge in [0, 0.05) is 43.3 Å². The van der Waals surface area contributed by atoms with E-state index in [1.54, 1.807) is 23.7 Å². The summed E-state index contributed by atoms with van der Waals surface area (Å²) in [5.74, 6) is 0.0497. The van der Waals surface area contributed by atoms with Crippen LogP contribution in [-0.4, -0.2) is 17.4 Å². The van der Waals surface area contributed by atoms with Gasteiger partial charge in [-0.1, -0.05) is 6.07 Å². The minimum atomic E-state index is 0.0497. The second-order valence-corrected chi connectivity index (χ2v) is 6.82. The Balaban J connectivity index is 1.58. The summed E-state index contributed by atoms with van der Waals surface area (Å²) in [6.45, 7) is 2.01. The van der Waals surface area contributed by atoms with E-state index >= 15 is 0 Å². The number of thiophene rings is 1. The Kier molecular flexibility index (Phi) is 6.17. The summed E-state index contributed by atoms with van der Waals surface area (Å²) in [6.07, 6.45) is 3.96. The maximum atomic E-state index is 11.7. The highest BCUT2D eigenvalue weighted by molar-refractivity contribution is 9.11. The third-order valence-electron chi connectivity index (χ3n) is 2.67. The molecule has 0 aliphatic carbocycles. The Bertz CT molecular complexity index is 544. The maximum Gasteiger partial charge on any atom is 0.221 e. The van der Waals surface area contributed by atoms with Crippen molar-refractivity contribution in [1.82, 2.24) is 15.6 Å². The van der Waals surface area contributed by atoms with Crippen LogP contribution in [0, 0.1) is 0 Å². The smallest absolute Gasteiger partial charge is 0.221 e. The molecule has 20 heavy (non-hydrogen) atoms. The summed E-state index contributed by atoms with van der Waals surface area (Å²) in [4.78, 5) is 16.9. The van der Waals surface area contributed by atoms with E-state index < -0.39 is 0 Å². The molecule has 1 amide bonds. The Hall–Kier alpha value is -1.24.